The van der Waals surface area contributed by atoms with Crippen molar-refractivity contribution in [1.29, 1.82) is 0 Å². The average molecular weight is 447 g/mol. The number of aliphatic hydroxyl groups excluding tert-OH is 4. The van der Waals surface area contributed by atoms with Gasteiger partial charge in [0, 0.05) is 6.42 Å². The molecule has 1 fully saturated rings. The minimum atomic E-state index is -1.61. The molecular formula is C24H46O7. The maximum absolute atomic E-state index is 12.0. The maximum Gasteiger partial charge on any atom is 0.306 e. The lowest BCUT2D eigenvalue weighted by atomic mass is 9.99. The zero-order chi connectivity index (χ0) is 22.9. The summed E-state index contributed by atoms with van der Waals surface area (Å²) in [5.74, 6) is -0.496. The fourth-order valence-corrected chi connectivity index (χ4v) is 4.06. The van der Waals surface area contributed by atoms with Crippen LogP contribution in [0.15, 0.2) is 0 Å². The van der Waals surface area contributed by atoms with E-state index in [0.717, 1.165) is 12.8 Å². The molecule has 0 aromatic heterocycles. The Kier molecular flexibility index (Phi) is 16.2. The summed E-state index contributed by atoms with van der Waals surface area (Å²) in [6.45, 7) is 1.72. The summed E-state index contributed by atoms with van der Waals surface area (Å²) >= 11 is 0. The van der Waals surface area contributed by atoms with Crippen molar-refractivity contribution < 1.29 is 34.7 Å². The third-order valence-electron chi connectivity index (χ3n) is 6.09. The number of hydrogen-bond donors (Lipinski definition) is 4. The zero-order valence-electron chi connectivity index (χ0n) is 19.4. The van der Waals surface area contributed by atoms with Crippen LogP contribution in [-0.2, 0) is 14.3 Å². The molecule has 4 N–H and O–H groups in total. The van der Waals surface area contributed by atoms with Crippen molar-refractivity contribution in [3.63, 3.8) is 0 Å². The molecule has 0 saturated carbocycles. The number of carbonyl (C=O) groups excluding carboxylic acids is 1. The first-order valence-electron chi connectivity index (χ1n) is 12.5. The van der Waals surface area contributed by atoms with Crippen molar-refractivity contribution in [1.82, 2.24) is 0 Å². The molecule has 0 aliphatic carbocycles. The molecular weight excluding hydrogens is 400 g/mol. The fraction of sp³-hybridized carbons (Fsp3) is 0.958. The number of rotatable bonds is 18. The largest absolute Gasteiger partial charge is 0.457 e. The third kappa shape index (κ3) is 12.2. The van der Waals surface area contributed by atoms with E-state index in [2.05, 4.69) is 6.92 Å². The van der Waals surface area contributed by atoms with E-state index in [1.165, 1.54) is 77.0 Å². The number of carbonyl (C=O) groups is 1. The molecule has 1 aliphatic heterocycles. The van der Waals surface area contributed by atoms with Gasteiger partial charge in [0.25, 0.3) is 0 Å². The summed E-state index contributed by atoms with van der Waals surface area (Å²) in [5, 5.41) is 38.4. The Hall–Kier alpha value is -0.730. The molecule has 31 heavy (non-hydrogen) atoms. The van der Waals surface area contributed by atoms with Crippen LogP contribution in [0.2, 0.25) is 0 Å². The van der Waals surface area contributed by atoms with Crippen LogP contribution < -0.4 is 0 Å². The number of hydrogen-bond acceptors (Lipinski definition) is 7. The second-order valence-corrected chi connectivity index (χ2v) is 8.88. The topological polar surface area (TPSA) is 116 Å². The summed E-state index contributed by atoms with van der Waals surface area (Å²) < 4.78 is 10.2. The van der Waals surface area contributed by atoms with Crippen LogP contribution in [0.4, 0.5) is 0 Å². The summed E-state index contributed by atoms with van der Waals surface area (Å²) in [4.78, 5) is 12.0. The van der Waals surface area contributed by atoms with Gasteiger partial charge in [-0.1, -0.05) is 96.8 Å². The van der Waals surface area contributed by atoms with E-state index in [4.69, 9.17) is 9.47 Å². The van der Waals surface area contributed by atoms with E-state index in [1.54, 1.807) is 0 Å². The normalized spacial score (nSPS) is 26.2. The lowest BCUT2D eigenvalue weighted by Crippen LogP contribution is -2.59. The van der Waals surface area contributed by atoms with Gasteiger partial charge in [-0.2, -0.15) is 0 Å². The minimum absolute atomic E-state index is 0.221. The van der Waals surface area contributed by atoms with Crippen molar-refractivity contribution in [2.75, 3.05) is 6.61 Å². The molecule has 0 unspecified atom stereocenters. The fourth-order valence-electron chi connectivity index (χ4n) is 4.06. The highest BCUT2D eigenvalue weighted by molar-refractivity contribution is 5.69. The SMILES string of the molecule is CCCCCCCCCCCCCCCCCC(=O)O[C@H]1[C@H](O)[C@@H](O)[C@H](O)O[C@@H]1CO. The summed E-state index contributed by atoms with van der Waals surface area (Å²) in [6.07, 6.45) is 12.0. The lowest BCUT2D eigenvalue weighted by molar-refractivity contribution is -0.289. The Bertz CT molecular complexity index is 444. The van der Waals surface area contributed by atoms with Crippen LogP contribution >= 0.6 is 0 Å². The van der Waals surface area contributed by atoms with E-state index < -0.39 is 43.3 Å². The van der Waals surface area contributed by atoms with Gasteiger partial charge in [0.15, 0.2) is 12.4 Å². The molecule has 1 rings (SSSR count). The molecule has 0 aromatic rings. The van der Waals surface area contributed by atoms with Gasteiger partial charge in [-0.15, -0.1) is 0 Å². The number of aliphatic hydroxyl groups is 4. The Morgan fingerprint density at radius 3 is 1.65 bits per heavy atom. The molecule has 0 radical (unpaired) electrons. The Morgan fingerprint density at radius 1 is 0.742 bits per heavy atom. The predicted octanol–water partition coefficient (Wildman–Crippen LogP) is 3.59. The highest BCUT2D eigenvalue weighted by Crippen LogP contribution is 2.23. The van der Waals surface area contributed by atoms with E-state index in [9.17, 15) is 25.2 Å². The molecule has 5 atom stereocenters. The van der Waals surface area contributed by atoms with Crippen LogP contribution in [0.5, 0.6) is 0 Å². The van der Waals surface area contributed by atoms with Crippen LogP contribution in [-0.4, -0.2) is 63.7 Å². The quantitative estimate of drug-likeness (QED) is 0.188. The Balaban J connectivity index is 1.97. The Morgan fingerprint density at radius 2 is 1.19 bits per heavy atom. The number of ether oxygens (including phenoxy) is 2. The monoisotopic (exact) mass is 446 g/mol. The molecule has 0 bridgehead atoms. The summed E-state index contributed by atoms with van der Waals surface area (Å²) in [6, 6.07) is 0. The van der Waals surface area contributed by atoms with E-state index >= 15 is 0 Å². The van der Waals surface area contributed by atoms with Crippen molar-refractivity contribution in [3.05, 3.63) is 0 Å². The van der Waals surface area contributed by atoms with Gasteiger partial charge in [-0.3, -0.25) is 4.79 Å². The highest BCUT2D eigenvalue weighted by Gasteiger charge is 2.45. The van der Waals surface area contributed by atoms with Gasteiger partial charge in [0.2, 0.25) is 0 Å². The van der Waals surface area contributed by atoms with Crippen molar-refractivity contribution >= 4 is 5.97 Å². The molecule has 0 spiro atoms. The van der Waals surface area contributed by atoms with Gasteiger partial charge in [-0.25, -0.2) is 0 Å². The van der Waals surface area contributed by atoms with Crippen LogP contribution in [0.3, 0.4) is 0 Å². The van der Waals surface area contributed by atoms with Crippen molar-refractivity contribution in [2.45, 2.75) is 140 Å². The molecule has 0 amide bonds. The number of esters is 1. The first-order valence-corrected chi connectivity index (χ1v) is 12.5. The Labute approximate surface area is 188 Å². The van der Waals surface area contributed by atoms with Crippen LogP contribution in [0.1, 0.15) is 110 Å². The van der Waals surface area contributed by atoms with E-state index in [0.29, 0.717) is 6.42 Å². The molecule has 1 saturated heterocycles. The van der Waals surface area contributed by atoms with Gasteiger partial charge >= 0.3 is 5.97 Å². The molecule has 1 aliphatic rings. The summed E-state index contributed by atoms with van der Waals surface area (Å²) in [5.41, 5.74) is 0. The van der Waals surface area contributed by atoms with E-state index in [-0.39, 0.29) is 6.42 Å². The standard InChI is InChI=1S/C24H46O7/c1-2-3-4-5-6-7-8-9-10-11-12-13-14-15-16-17-20(26)31-23-19(18-25)30-24(29)22(28)21(23)27/h19,21-25,27-29H,2-18H2,1H3/t19-,21-,22-,23-,24-/m1/s1. The summed E-state index contributed by atoms with van der Waals surface area (Å²) in [7, 11) is 0. The van der Waals surface area contributed by atoms with Crippen molar-refractivity contribution in [3.8, 4) is 0 Å². The first-order chi connectivity index (χ1) is 15.0. The predicted molar refractivity (Wildman–Crippen MR) is 119 cm³/mol. The molecule has 7 nitrogen and oxygen atoms in total. The van der Waals surface area contributed by atoms with E-state index in [1.807, 2.05) is 0 Å². The lowest BCUT2D eigenvalue weighted by Gasteiger charge is -2.39. The van der Waals surface area contributed by atoms with Gasteiger partial charge < -0.3 is 29.9 Å². The molecule has 7 heteroatoms. The number of unbranched alkanes of at least 4 members (excludes halogenated alkanes) is 14. The minimum Gasteiger partial charge on any atom is -0.457 e. The average Bonchev–Trinajstić information content (AvgIpc) is 2.76. The van der Waals surface area contributed by atoms with Gasteiger partial charge in [0.1, 0.15) is 18.3 Å². The second kappa shape index (κ2) is 17.8. The van der Waals surface area contributed by atoms with Gasteiger partial charge in [0.05, 0.1) is 6.61 Å². The van der Waals surface area contributed by atoms with Crippen LogP contribution in [0, 0.1) is 0 Å². The van der Waals surface area contributed by atoms with Crippen molar-refractivity contribution in [2.24, 2.45) is 0 Å². The second-order valence-electron chi connectivity index (χ2n) is 8.88. The third-order valence-corrected chi connectivity index (χ3v) is 6.09. The molecule has 1 heterocycles. The zero-order valence-corrected chi connectivity index (χ0v) is 19.4. The maximum atomic E-state index is 12.0. The van der Waals surface area contributed by atoms with Crippen LogP contribution in [0.25, 0.3) is 0 Å². The smallest absolute Gasteiger partial charge is 0.306 e. The molecule has 184 valence electrons. The van der Waals surface area contributed by atoms with Gasteiger partial charge in [-0.05, 0) is 6.42 Å². The molecule has 0 aromatic carbocycles. The highest BCUT2D eigenvalue weighted by atomic mass is 16.7. The first kappa shape index (κ1) is 28.3.